The molecule has 0 N–H and O–H groups in total. The van der Waals surface area contributed by atoms with Gasteiger partial charge >= 0.3 is 12.1 Å². The van der Waals surface area contributed by atoms with Crippen LogP contribution in [0.5, 0.6) is 0 Å². The molecule has 0 fully saturated rings. The van der Waals surface area contributed by atoms with Crippen LogP contribution in [0.3, 0.4) is 0 Å². The number of hydrogen-bond donors (Lipinski definition) is 0. The molecule has 2 unspecified atom stereocenters. The Bertz CT molecular complexity index is 342. The van der Waals surface area contributed by atoms with Crippen LogP contribution in [0.1, 0.15) is 62.3 Å². The fourth-order valence-corrected chi connectivity index (χ4v) is 1.20. The molecular weight excluding hydrogens is 328 g/mol. The van der Waals surface area contributed by atoms with Crippen molar-refractivity contribution in [2.75, 3.05) is 26.9 Å². The fourth-order valence-electron chi connectivity index (χ4n) is 1.20. The lowest BCUT2D eigenvalue weighted by molar-refractivity contribution is -0.172. The van der Waals surface area contributed by atoms with E-state index >= 15 is 0 Å². The van der Waals surface area contributed by atoms with E-state index in [0.29, 0.717) is 6.42 Å². The summed E-state index contributed by atoms with van der Waals surface area (Å²) in [6, 6.07) is 0. The molecule has 0 saturated heterocycles. The van der Waals surface area contributed by atoms with Crippen LogP contribution in [0, 0.1) is 0 Å². The second-order valence-corrected chi connectivity index (χ2v) is 5.44. The third-order valence-electron chi connectivity index (χ3n) is 2.98. The Balaban J connectivity index is -0.00000155. The van der Waals surface area contributed by atoms with Gasteiger partial charge < -0.3 is 23.7 Å². The van der Waals surface area contributed by atoms with Crippen molar-refractivity contribution < 1.29 is 33.3 Å². The van der Waals surface area contributed by atoms with Crippen molar-refractivity contribution in [3.8, 4) is 0 Å². The molecule has 0 radical (unpaired) electrons. The zero-order valence-corrected chi connectivity index (χ0v) is 16.3. The van der Waals surface area contributed by atoms with Gasteiger partial charge in [0.05, 0.1) is 12.7 Å². The summed E-state index contributed by atoms with van der Waals surface area (Å²) in [6.45, 7) is 12.9. The molecule has 0 aliphatic rings. The van der Waals surface area contributed by atoms with Crippen LogP contribution < -0.4 is 0 Å². The van der Waals surface area contributed by atoms with Crippen LogP contribution >= 0.6 is 0 Å². The SMILES string of the molecule is C.CC.CCC(C)OC(=O)OCCOC(C)(C)C(=O)OCC(C)OC. The Labute approximate surface area is 153 Å². The second kappa shape index (κ2) is 16.1. The lowest BCUT2D eigenvalue weighted by Gasteiger charge is -2.24. The number of ether oxygens (including phenoxy) is 5. The smallest absolute Gasteiger partial charge is 0.461 e. The lowest BCUT2D eigenvalue weighted by Crippen LogP contribution is -2.39. The summed E-state index contributed by atoms with van der Waals surface area (Å²) in [5.74, 6) is -0.501. The van der Waals surface area contributed by atoms with Crippen molar-refractivity contribution in [3.05, 3.63) is 0 Å². The monoisotopic (exact) mass is 366 g/mol. The minimum absolute atomic E-state index is 0. The molecule has 0 aliphatic carbocycles. The lowest BCUT2D eigenvalue weighted by atomic mass is 10.1. The summed E-state index contributed by atoms with van der Waals surface area (Å²) in [7, 11) is 1.54. The maximum atomic E-state index is 11.9. The first-order valence-electron chi connectivity index (χ1n) is 8.40. The van der Waals surface area contributed by atoms with Gasteiger partial charge in [-0.2, -0.15) is 0 Å². The molecule has 0 saturated carbocycles. The molecule has 25 heavy (non-hydrogen) atoms. The molecule has 0 bridgehead atoms. The molecular formula is C18H38O7. The summed E-state index contributed by atoms with van der Waals surface area (Å²) in [5.41, 5.74) is -1.13. The predicted molar refractivity (Wildman–Crippen MR) is 97.7 cm³/mol. The van der Waals surface area contributed by atoms with Crippen LogP contribution in [0.4, 0.5) is 4.79 Å². The summed E-state index contributed by atoms with van der Waals surface area (Å²) >= 11 is 0. The van der Waals surface area contributed by atoms with E-state index in [9.17, 15) is 9.59 Å². The quantitative estimate of drug-likeness (QED) is 0.427. The van der Waals surface area contributed by atoms with E-state index in [1.54, 1.807) is 27.7 Å². The zero-order valence-electron chi connectivity index (χ0n) is 16.3. The van der Waals surface area contributed by atoms with Gasteiger partial charge in [-0.05, 0) is 34.1 Å². The van der Waals surface area contributed by atoms with Gasteiger partial charge in [0.2, 0.25) is 0 Å². The number of methoxy groups -OCH3 is 1. The van der Waals surface area contributed by atoms with E-state index in [4.69, 9.17) is 23.7 Å². The third-order valence-corrected chi connectivity index (χ3v) is 2.98. The highest BCUT2D eigenvalue weighted by atomic mass is 16.7. The van der Waals surface area contributed by atoms with Crippen LogP contribution in [0.15, 0.2) is 0 Å². The van der Waals surface area contributed by atoms with Crippen molar-refractivity contribution in [3.63, 3.8) is 0 Å². The van der Waals surface area contributed by atoms with E-state index in [-0.39, 0.29) is 39.5 Å². The first kappa shape index (κ1) is 28.5. The van der Waals surface area contributed by atoms with Crippen LogP contribution in [-0.4, -0.2) is 56.9 Å². The topological polar surface area (TPSA) is 80.3 Å². The van der Waals surface area contributed by atoms with E-state index in [1.165, 1.54) is 7.11 Å². The Hall–Kier alpha value is -1.34. The fraction of sp³-hybridized carbons (Fsp3) is 0.889. The summed E-state index contributed by atoms with van der Waals surface area (Å²) in [4.78, 5) is 23.1. The Morgan fingerprint density at radius 1 is 1.00 bits per heavy atom. The van der Waals surface area contributed by atoms with Crippen molar-refractivity contribution in [1.82, 2.24) is 0 Å². The number of hydrogen-bond acceptors (Lipinski definition) is 7. The largest absolute Gasteiger partial charge is 0.508 e. The number of esters is 1. The molecule has 7 nitrogen and oxygen atoms in total. The first-order valence-corrected chi connectivity index (χ1v) is 8.40. The van der Waals surface area contributed by atoms with Crippen molar-refractivity contribution in [2.24, 2.45) is 0 Å². The second-order valence-electron chi connectivity index (χ2n) is 5.44. The molecule has 0 aromatic carbocycles. The van der Waals surface area contributed by atoms with Gasteiger partial charge in [-0.15, -0.1) is 0 Å². The number of carbonyl (C=O) groups is 2. The van der Waals surface area contributed by atoms with Gasteiger partial charge in [0, 0.05) is 7.11 Å². The Morgan fingerprint density at radius 3 is 2.04 bits per heavy atom. The van der Waals surface area contributed by atoms with Crippen LogP contribution in [-0.2, 0) is 28.5 Å². The Kier molecular flexibility index (Phi) is 18.4. The number of carbonyl (C=O) groups excluding carboxylic acids is 2. The minimum Gasteiger partial charge on any atom is -0.461 e. The third kappa shape index (κ3) is 14.7. The van der Waals surface area contributed by atoms with Gasteiger partial charge in [0.25, 0.3) is 0 Å². The Morgan fingerprint density at radius 2 is 1.56 bits per heavy atom. The molecule has 2 atom stereocenters. The van der Waals surface area contributed by atoms with E-state index in [2.05, 4.69) is 0 Å². The standard InChI is InChI=1S/C15H28O7.C2H6.CH4/c1-7-11(2)22-14(17)19-8-9-21-15(4,5)13(16)20-10-12(3)18-6;1-2;/h11-12H,7-10H2,1-6H3;1-2H3;1H4. The van der Waals surface area contributed by atoms with Gasteiger partial charge in [-0.3, -0.25) is 0 Å². The molecule has 0 aromatic rings. The van der Waals surface area contributed by atoms with Gasteiger partial charge in [-0.25, -0.2) is 9.59 Å². The van der Waals surface area contributed by atoms with Crippen molar-refractivity contribution in [1.29, 1.82) is 0 Å². The van der Waals surface area contributed by atoms with Crippen molar-refractivity contribution in [2.45, 2.75) is 80.1 Å². The van der Waals surface area contributed by atoms with Crippen LogP contribution in [0.2, 0.25) is 0 Å². The highest BCUT2D eigenvalue weighted by Gasteiger charge is 2.30. The number of rotatable bonds is 10. The molecule has 0 rings (SSSR count). The highest BCUT2D eigenvalue weighted by molar-refractivity contribution is 5.78. The molecule has 0 aromatic heterocycles. The zero-order chi connectivity index (χ0) is 19.2. The summed E-state index contributed by atoms with van der Waals surface area (Å²) < 4.78 is 25.2. The maximum absolute atomic E-state index is 11.9. The normalized spacial score (nSPS) is 12.6. The molecule has 7 heteroatoms. The van der Waals surface area contributed by atoms with Crippen molar-refractivity contribution >= 4 is 12.1 Å². The summed E-state index contributed by atoms with van der Waals surface area (Å²) in [5, 5.41) is 0. The minimum atomic E-state index is -1.13. The molecule has 0 aliphatic heterocycles. The molecule has 152 valence electrons. The predicted octanol–water partition coefficient (Wildman–Crippen LogP) is 3.97. The van der Waals surface area contributed by atoms with Crippen LogP contribution in [0.25, 0.3) is 0 Å². The maximum Gasteiger partial charge on any atom is 0.508 e. The van der Waals surface area contributed by atoms with Gasteiger partial charge in [0.1, 0.15) is 19.3 Å². The van der Waals surface area contributed by atoms with E-state index in [0.717, 1.165) is 0 Å². The summed E-state index contributed by atoms with van der Waals surface area (Å²) in [6.07, 6.45) is -0.405. The van der Waals surface area contributed by atoms with E-state index < -0.39 is 17.7 Å². The molecule has 0 spiro atoms. The highest BCUT2D eigenvalue weighted by Crippen LogP contribution is 2.12. The van der Waals surface area contributed by atoms with Gasteiger partial charge in [-0.1, -0.05) is 28.2 Å². The van der Waals surface area contributed by atoms with Gasteiger partial charge in [0.15, 0.2) is 5.60 Å². The molecule has 0 amide bonds. The van der Waals surface area contributed by atoms with E-state index in [1.807, 2.05) is 20.8 Å². The molecule has 0 heterocycles. The average Bonchev–Trinajstić information content (AvgIpc) is 2.57. The first-order chi connectivity index (χ1) is 11.2. The average molecular weight is 366 g/mol.